The molecule has 1 aliphatic rings. The molecule has 4 rings (SSSR count). The highest BCUT2D eigenvalue weighted by Crippen LogP contribution is 2.37. The normalized spacial score (nSPS) is 16.1. The number of hydrogen-bond donors (Lipinski definition) is 1. The van der Waals surface area contributed by atoms with Gasteiger partial charge in [0.2, 0.25) is 0 Å². The summed E-state index contributed by atoms with van der Waals surface area (Å²) in [6.07, 6.45) is 3.39. The SMILES string of the molecule is CC(Oc1ccccc1Cc1ccccc1)c1nc(C2(N)CCC2)no1.Cl. The lowest BCUT2D eigenvalue weighted by Crippen LogP contribution is -2.44. The summed E-state index contributed by atoms with van der Waals surface area (Å²) in [4.78, 5) is 4.49. The van der Waals surface area contributed by atoms with Crippen LogP contribution in [0.1, 0.15) is 55.1 Å². The average molecular weight is 386 g/mol. The molecule has 0 radical (unpaired) electrons. The van der Waals surface area contributed by atoms with E-state index in [1.165, 1.54) is 5.56 Å². The van der Waals surface area contributed by atoms with Crippen LogP contribution in [0.4, 0.5) is 0 Å². The fraction of sp³-hybridized carbons (Fsp3) is 0.333. The lowest BCUT2D eigenvalue weighted by atomic mass is 9.77. The summed E-state index contributed by atoms with van der Waals surface area (Å²) in [5, 5.41) is 4.07. The molecule has 2 N–H and O–H groups in total. The van der Waals surface area contributed by atoms with E-state index in [1.807, 2.05) is 43.3 Å². The smallest absolute Gasteiger partial charge is 0.267 e. The van der Waals surface area contributed by atoms with Gasteiger partial charge in [0, 0.05) is 6.42 Å². The molecule has 1 unspecified atom stereocenters. The van der Waals surface area contributed by atoms with Gasteiger partial charge in [-0.05, 0) is 43.4 Å². The van der Waals surface area contributed by atoms with Crippen LogP contribution in [0.5, 0.6) is 5.75 Å². The monoisotopic (exact) mass is 385 g/mol. The first-order chi connectivity index (χ1) is 12.6. The van der Waals surface area contributed by atoms with Crippen molar-refractivity contribution >= 4 is 12.4 Å². The van der Waals surface area contributed by atoms with Crippen molar-refractivity contribution in [1.29, 1.82) is 0 Å². The summed E-state index contributed by atoms with van der Waals surface area (Å²) in [5.74, 6) is 1.88. The molecule has 1 aliphatic carbocycles. The van der Waals surface area contributed by atoms with Crippen molar-refractivity contribution in [2.75, 3.05) is 0 Å². The molecule has 1 saturated carbocycles. The summed E-state index contributed by atoms with van der Waals surface area (Å²) in [5.41, 5.74) is 8.22. The molecule has 1 heterocycles. The Hall–Kier alpha value is -2.37. The van der Waals surface area contributed by atoms with Gasteiger partial charge in [0.15, 0.2) is 11.9 Å². The van der Waals surface area contributed by atoms with E-state index in [0.29, 0.717) is 11.7 Å². The van der Waals surface area contributed by atoms with Gasteiger partial charge in [-0.25, -0.2) is 0 Å². The second-order valence-corrected chi connectivity index (χ2v) is 7.00. The highest BCUT2D eigenvalue weighted by Gasteiger charge is 2.39. The first-order valence-corrected chi connectivity index (χ1v) is 9.05. The molecule has 1 atom stereocenters. The Balaban J connectivity index is 0.00000210. The Kier molecular flexibility index (Phi) is 5.82. The molecule has 5 nitrogen and oxygen atoms in total. The van der Waals surface area contributed by atoms with Crippen LogP contribution < -0.4 is 10.5 Å². The summed E-state index contributed by atoms with van der Waals surface area (Å²) >= 11 is 0. The number of benzene rings is 2. The van der Waals surface area contributed by atoms with E-state index in [-0.39, 0.29) is 18.5 Å². The molecular formula is C21H24ClN3O2. The zero-order valence-electron chi connectivity index (χ0n) is 15.3. The molecule has 0 saturated heterocycles. The minimum absolute atomic E-state index is 0. The Labute approximate surface area is 165 Å². The fourth-order valence-electron chi connectivity index (χ4n) is 3.21. The molecule has 0 bridgehead atoms. The molecule has 3 aromatic rings. The highest BCUT2D eigenvalue weighted by molar-refractivity contribution is 5.85. The van der Waals surface area contributed by atoms with Crippen LogP contribution in [-0.2, 0) is 12.0 Å². The third-order valence-electron chi connectivity index (χ3n) is 4.99. The van der Waals surface area contributed by atoms with Gasteiger partial charge < -0.3 is 15.0 Å². The van der Waals surface area contributed by atoms with Crippen molar-refractivity contribution in [3.05, 3.63) is 77.4 Å². The molecule has 1 aromatic heterocycles. The van der Waals surface area contributed by atoms with Crippen molar-refractivity contribution in [3.63, 3.8) is 0 Å². The maximum Gasteiger partial charge on any atom is 0.267 e. The third-order valence-corrected chi connectivity index (χ3v) is 4.99. The predicted molar refractivity (Wildman–Crippen MR) is 106 cm³/mol. The van der Waals surface area contributed by atoms with Crippen LogP contribution in [0, 0.1) is 0 Å². The number of aromatic nitrogens is 2. The van der Waals surface area contributed by atoms with E-state index in [4.69, 9.17) is 15.0 Å². The zero-order chi connectivity index (χ0) is 18.0. The summed E-state index contributed by atoms with van der Waals surface area (Å²) in [6, 6.07) is 18.4. The van der Waals surface area contributed by atoms with Crippen LogP contribution in [-0.4, -0.2) is 10.1 Å². The summed E-state index contributed by atoms with van der Waals surface area (Å²) in [7, 11) is 0. The van der Waals surface area contributed by atoms with Crippen LogP contribution in [0.25, 0.3) is 0 Å². The van der Waals surface area contributed by atoms with Crippen LogP contribution in [0.2, 0.25) is 0 Å². The number of rotatable bonds is 6. The van der Waals surface area contributed by atoms with E-state index in [0.717, 1.165) is 37.0 Å². The van der Waals surface area contributed by atoms with Gasteiger partial charge in [-0.3, -0.25) is 0 Å². The standard InChI is InChI=1S/C21H23N3O2.ClH/c1-15(19-23-20(24-26-19)21(22)12-7-13-21)25-18-11-6-5-10-17(18)14-16-8-3-2-4-9-16;/h2-6,8-11,15H,7,12-14,22H2,1H3;1H. The Morgan fingerprint density at radius 3 is 2.52 bits per heavy atom. The van der Waals surface area contributed by atoms with E-state index >= 15 is 0 Å². The van der Waals surface area contributed by atoms with Crippen molar-refractivity contribution in [1.82, 2.24) is 10.1 Å². The minimum Gasteiger partial charge on any atom is -0.481 e. The molecule has 142 valence electrons. The van der Waals surface area contributed by atoms with Gasteiger partial charge >= 0.3 is 0 Å². The van der Waals surface area contributed by atoms with Crippen molar-refractivity contribution in [3.8, 4) is 5.75 Å². The van der Waals surface area contributed by atoms with Crippen LogP contribution >= 0.6 is 12.4 Å². The quantitative estimate of drug-likeness (QED) is 0.673. The van der Waals surface area contributed by atoms with Gasteiger partial charge in [0.25, 0.3) is 5.89 Å². The molecule has 0 spiro atoms. The largest absolute Gasteiger partial charge is 0.481 e. The number of para-hydroxylation sites is 1. The molecule has 27 heavy (non-hydrogen) atoms. The van der Waals surface area contributed by atoms with Gasteiger partial charge in [0.05, 0.1) is 5.54 Å². The van der Waals surface area contributed by atoms with E-state index in [2.05, 4.69) is 28.3 Å². The number of halogens is 1. The number of hydrogen-bond acceptors (Lipinski definition) is 5. The predicted octanol–water partition coefficient (Wildman–Crippen LogP) is 4.56. The summed E-state index contributed by atoms with van der Waals surface area (Å²) in [6.45, 7) is 1.92. The van der Waals surface area contributed by atoms with E-state index in [9.17, 15) is 0 Å². The number of ether oxygens (including phenoxy) is 1. The zero-order valence-corrected chi connectivity index (χ0v) is 16.1. The van der Waals surface area contributed by atoms with Crippen molar-refractivity contribution in [2.24, 2.45) is 5.73 Å². The third kappa shape index (κ3) is 4.15. The Bertz CT molecular complexity index is 878. The van der Waals surface area contributed by atoms with Crippen molar-refractivity contribution < 1.29 is 9.26 Å². The highest BCUT2D eigenvalue weighted by atomic mass is 35.5. The topological polar surface area (TPSA) is 74.2 Å². The first-order valence-electron chi connectivity index (χ1n) is 9.05. The second-order valence-electron chi connectivity index (χ2n) is 7.00. The second kappa shape index (κ2) is 8.11. The maximum absolute atomic E-state index is 6.27. The average Bonchev–Trinajstić information content (AvgIpc) is 3.13. The first kappa shape index (κ1) is 19.4. The molecule has 0 amide bonds. The molecule has 2 aromatic carbocycles. The van der Waals surface area contributed by atoms with Crippen LogP contribution in [0.3, 0.4) is 0 Å². The van der Waals surface area contributed by atoms with E-state index in [1.54, 1.807) is 0 Å². The number of nitrogens with two attached hydrogens (primary N) is 1. The van der Waals surface area contributed by atoms with Gasteiger partial charge in [0.1, 0.15) is 5.75 Å². The Morgan fingerprint density at radius 1 is 1.11 bits per heavy atom. The van der Waals surface area contributed by atoms with Gasteiger partial charge in [-0.2, -0.15) is 4.98 Å². The molecule has 6 heteroatoms. The molecular weight excluding hydrogens is 362 g/mol. The Morgan fingerprint density at radius 2 is 1.81 bits per heavy atom. The number of nitrogens with zero attached hydrogens (tertiary/aromatic N) is 2. The van der Waals surface area contributed by atoms with Gasteiger partial charge in [-0.1, -0.05) is 53.7 Å². The van der Waals surface area contributed by atoms with Crippen molar-refractivity contribution in [2.45, 2.75) is 44.2 Å². The van der Waals surface area contributed by atoms with Crippen LogP contribution in [0.15, 0.2) is 59.1 Å². The van der Waals surface area contributed by atoms with Gasteiger partial charge in [-0.15, -0.1) is 12.4 Å². The lowest BCUT2D eigenvalue weighted by molar-refractivity contribution is 0.173. The fourth-order valence-corrected chi connectivity index (χ4v) is 3.21. The maximum atomic E-state index is 6.27. The lowest BCUT2D eigenvalue weighted by Gasteiger charge is -2.34. The summed E-state index contributed by atoms with van der Waals surface area (Å²) < 4.78 is 11.6. The molecule has 1 fully saturated rings. The van der Waals surface area contributed by atoms with E-state index < -0.39 is 5.54 Å². The minimum atomic E-state index is -0.424. The molecule has 0 aliphatic heterocycles.